The van der Waals surface area contributed by atoms with Crippen molar-refractivity contribution in [1.29, 1.82) is 0 Å². The summed E-state index contributed by atoms with van der Waals surface area (Å²) < 4.78 is 0. The van der Waals surface area contributed by atoms with E-state index in [-0.39, 0.29) is 0 Å². The first kappa shape index (κ1) is 7.53. The van der Waals surface area contributed by atoms with Crippen molar-refractivity contribution in [3.05, 3.63) is 0 Å². The summed E-state index contributed by atoms with van der Waals surface area (Å²) in [6, 6.07) is 0. The van der Waals surface area contributed by atoms with Crippen molar-refractivity contribution in [2.24, 2.45) is 0 Å². The lowest BCUT2D eigenvalue weighted by atomic mass is 9.82. The molecule has 1 saturated carbocycles. The molecule has 1 heterocycles. The summed E-state index contributed by atoms with van der Waals surface area (Å²) in [6.45, 7) is 2.04. The molecule has 1 saturated heterocycles. The largest absolute Gasteiger partial charge is 0.302 e. The molecule has 2 aliphatic rings. The minimum absolute atomic E-state index is 0.385. The van der Waals surface area contributed by atoms with Crippen LogP contribution in [0.3, 0.4) is 0 Å². The molecule has 0 aromatic carbocycles. The fourth-order valence-corrected chi connectivity index (χ4v) is 2.17. The molecule has 0 bridgehead atoms. The third-order valence-corrected chi connectivity index (χ3v) is 2.84. The number of hydrogen-bond acceptors (Lipinski definition) is 3. The topological polar surface area (TPSA) is 36.1 Å². The second-order valence-corrected chi connectivity index (χ2v) is 3.75. The monoisotopic (exact) mass is 155 g/mol. The molecule has 0 amide bonds. The SMILES string of the molecule is C1CCC2(CC1)CNCNN2. The van der Waals surface area contributed by atoms with E-state index in [4.69, 9.17) is 0 Å². The van der Waals surface area contributed by atoms with Crippen LogP contribution in [0.1, 0.15) is 32.1 Å². The Kier molecular flexibility index (Phi) is 2.11. The molecule has 1 aliphatic heterocycles. The maximum Gasteiger partial charge on any atom is 0.0590 e. The van der Waals surface area contributed by atoms with Crippen molar-refractivity contribution in [3.8, 4) is 0 Å². The van der Waals surface area contributed by atoms with Gasteiger partial charge in [-0.2, -0.15) is 0 Å². The first-order valence-electron chi connectivity index (χ1n) is 4.62. The van der Waals surface area contributed by atoms with Crippen molar-refractivity contribution in [3.63, 3.8) is 0 Å². The van der Waals surface area contributed by atoms with E-state index in [0.717, 1.165) is 13.2 Å². The van der Waals surface area contributed by atoms with Crippen molar-refractivity contribution in [2.75, 3.05) is 13.2 Å². The highest BCUT2D eigenvalue weighted by Crippen LogP contribution is 2.27. The average molecular weight is 155 g/mol. The zero-order chi connectivity index (χ0) is 7.57. The van der Waals surface area contributed by atoms with Crippen LogP contribution >= 0.6 is 0 Å². The number of rotatable bonds is 0. The summed E-state index contributed by atoms with van der Waals surface area (Å²) in [7, 11) is 0. The van der Waals surface area contributed by atoms with Crippen LogP contribution < -0.4 is 16.2 Å². The lowest BCUT2D eigenvalue weighted by Gasteiger charge is -2.41. The zero-order valence-corrected chi connectivity index (χ0v) is 6.95. The summed E-state index contributed by atoms with van der Waals surface area (Å²) in [5.74, 6) is 0. The van der Waals surface area contributed by atoms with Gasteiger partial charge in [0.25, 0.3) is 0 Å². The van der Waals surface area contributed by atoms with Crippen LogP contribution in [0.2, 0.25) is 0 Å². The summed E-state index contributed by atoms with van der Waals surface area (Å²) >= 11 is 0. The van der Waals surface area contributed by atoms with E-state index in [1.165, 1.54) is 32.1 Å². The maximum atomic E-state index is 3.42. The van der Waals surface area contributed by atoms with Crippen LogP contribution in [0.15, 0.2) is 0 Å². The first-order valence-corrected chi connectivity index (χ1v) is 4.62. The van der Waals surface area contributed by atoms with Gasteiger partial charge in [0, 0.05) is 12.1 Å². The third-order valence-electron chi connectivity index (χ3n) is 2.84. The van der Waals surface area contributed by atoms with E-state index < -0.39 is 0 Å². The van der Waals surface area contributed by atoms with Gasteiger partial charge in [0.1, 0.15) is 0 Å². The second kappa shape index (κ2) is 3.09. The first-order chi connectivity index (χ1) is 5.41. The Morgan fingerprint density at radius 3 is 2.45 bits per heavy atom. The van der Waals surface area contributed by atoms with Crippen LogP contribution in [-0.2, 0) is 0 Å². The van der Waals surface area contributed by atoms with Gasteiger partial charge in [-0.15, -0.1) is 0 Å². The molecule has 3 nitrogen and oxygen atoms in total. The fourth-order valence-electron chi connectivity index (χ4n) is 2.17. The molecule has 3 N–H and O–H groups in total. The molecule has 1 aliphatic carbocycles. The Morgan fingerprint density at radius 2 is 1.82 bits per heavy atom. The molecule has 2 fully saturated rings. The standard InChI is InChI=1S/C8H17N3/c1-2-4-8(5-3-1)6-9-7-10-11-8/h9-11H,1-7H2. The van der Waals surface area contributed by atoms with Gasteiger partial charge >= 0.3 is 0 Å². The molecule has 2 rings (SSSR count). The smallest absolute Gasteiger partial charge is 0.0590 e. The van der Waals surface area contributed by atoms with Crippen LogP contribution in [0, 0.1) is 0 Å². The Bertz CT molecular complexity index is 104. The minimum atomic E-state index is 0.385. The van der Waals surface area contributed by atoms with Crippen LogP contribution in [-0.4, -0.2) is 18.8 Å². The molecule has 0 radical (unpaired) electrons. The summed E-state index contributed by atoms with van der Waals surface area (Å²) in [5, 5.41) is 3.37. The summed E-state index contributed by atoms with van der Waals surface area (Å²) in [5.41, 5.74) is 6.99. The van der Waals surface area contributed by atoms with Gasteiger partial charge in [-0.25, -0.2) is 10.9 Å². The van der Waals surface area contributed by atoms with Crippen molar-refractivity contribution < 1.29 is 0 Å². The maximum absolute atomic E-state index is 3.42. The van der Waals surface area contributed by atoms with Crippen molar-refractivity contribution >= 4 is 0 Å². The van der Waals surface area contributed by atoms with E-state index in [1.807, 2.05) is 0 Å². The molecule has 0 aromatic rings. The van der Waals surface area contributed by atoms with Gasteiger partial charge in [0.05, 0.1) is 6.67 Å². The Balaban J connectivity index is 1.94. The Hall–Kier alpha value is -0.120. The van der Waals surface area contributed by atoms with Gasteiger partial charge in [0.2, 0.25) is 0 Å². The predicted octanol–water partition coefficient (Wildman–Crippen LogP) is 0.344. The lowest BCUT2D eigenvalue weighted by molar-refractivity contribution is 0.160. The second-order valence-electron chi connectivity index (χ2n) is 3.75. The number of hydrazine groups is 1. The van der Waals surface area contributed by atoms with E-state index in [2.05, 4.69) is 16.2 Å². The highest BCUT2D eigenvalue weighted by Gasteiger charge is 2.32. The van der Waals surface area contributed by atoms with Crippen molar-refractivity contribution in [1.82, 2.24) is 16.2 Å². The van der Waals surface area contributed by atoms with E-state index >= 15 is 0 Å². The normalized spacial score (nSPS) is 30.5. The quantitative estimate of drug-likeness (QED) is 0.472. The molecular weight excluding hydrogens is 138 g/mol. The molecule has 0 unspecified atom stereocenters. The zero-order valence-electron chi connectivity index (χ0n) is 6.95. The third kappa shape index (κ3) is 1.55. The molecule has 11 heavy (non-hydrogen) atoms. The molecular formula is C8H17N3. The van der Waals surface area contributed by atoms with Gasteiger partial charge < -0.3 is 5.32 Å². The number of nitrogens with one attached hydrogen (secondary N) is 3. The number of hydrogen-bond donors (Lipinski definition) is 3. The van der Waals surface area contributed by atoms with Crippen LogP contribution in [0.5, 0.6) is 0 Å². The molecule has 3 heteroatoms. The minimum Gasteiger partial charge on any atom is -0.302 e. The molecule has 0 atom stereocenters. The van der Waals surface area contributed by atoms with E-state index in [0.29, 0.717) is 5.54 Å². The van der Waals surface area contributed by atoms with Crippen molar-refractivity contribution in [2.45, 2.75) is 37.6 Å². The van der Waals surface area contributed by atoms with Gasteiger partial charge in [-0.05, 0) is 12.8 Å². The highest BCUT2D eigenvalue weighted by molar-refractivity contribution is 4.93. The van der Waals surface area contributed by atoms with E-state index in [9.17, 15) is 0 Å². The highest BCUT2D eigenvalue weighted by atomic mass is 15.5. The average Bonchev–Trinajstić information content (AvgIpc) is 2.07. The molecule has 1 spiro atoms. The van der Waals surface area contributed by atoms with E-state index in [1.54, 1.807) is 0 Å². The predicted molar refractivity (Wildman–Crippen MR) is 45.0 cm³/mol. The van der Waals surface area contributed by atoms with Crippen LogP contribution in [0.4, 0.5) is 0 Å². The molecule has 64 valence electrons. The summed E-state index contributed by atoms with van der Waals surface area (Å²) in [4.78, 5) is 0. The van der Waals surface area contributed by atoms with Gasteiger partial charge in [-0.3, -0.25) is 0 Å². The Morgan fingerprint density at radius 1 is 1.00 bits per heavy atom. The summed E-state index contributed by atoms with van der Waals surface area (Å²) in [6.07, 6.45) is 6.84. The Labute approximate surface area is 67.9 Å². The van der Waals surface area contributed by atoms with Crippen LogP contribution in [0.25, 0.3) is 0 Å². The fraction of sp³-hybridized carbons (Fsp3) is 1.00. The lowest BCUT2D eigenvalue weighted by Crippen LogP contribution is -2.65. The van der Waals surface area contributed by atoms with Gasteiger partial charge in [0.15, 0.2) is 0 Å². The molecule has 0 aromatic heterocycles. The van der Waals surface area contributed by atoms with Gasteiger partial charge in [-0.1, -0.05) is 19.3 Å².